The monoisotopic (exact) mass is 438 g/mol. The fourth-order valence-corrected chi connectivity index (χ4v) is 4.57. The van der Waals surface area contributed by atoms with Gasteiger partial charge >= 0.3 is 0 Å². The van der Waals surface area contributed by atoms with E-state index in [1.165, 1.54) is 13.3 Å². The summed E-state index contributed by atoms with van der Waals surface area (Å²) in [6.45, 7) is 0. The number of fused-ring (bicyclic) bond motifs is 5. The maximum Gasteiger partial charge on any atom is 0.254 e. The molecule has 1 aromatic carbocycles. The minimum absolute atomic E-state index is 0.0563. The number of phenols is 1. The van der Waals surface area contributed by atoms with Gasteiger partial charge in [-0.15, -0.1) is 0 Å². The molecule has 1 N–H and O–H groups in total. The molecular formula is C17H15IN2O4. The van der Waals surface area contributed by atoms with E-state index in [1.54, 1.807) is 12.1 Å². The van der Waals surface area contributed by atoms with E-state index in [9.17, 15) is 14.7 Å². The third-order valence-electron chi connectivity index (χ3n) is 5.04. The van der Waals surface area contributed by atoms with Crippen molar-refractivity contribution in [3.63, 3.8) is 0 Å². The highest BCUT2D eigenvalue weighted by Gasteiger charge is 2.59. The van der Waals surface area contributed by atoms with Gasteiger partial charge < -0.3 is 9.84 Å². The van der Waals surface area contributed by atoms with Crippen LogP contribution in [0, 0.1) is 27.2 Å². The Kier molecular flexibility index (Phi) is 3.63. The molecular weight excluding hydrogens is 423 g/mol. The van der Waals surface area contributed by atoms with E-state index in [0.29, 0.717) is 14.9 Å². The largest absolute Gasteiger partial charge is 0.504 e. The molecule has 1 aliphatic heterocycles. The lowest BCUT2D eigenvalue weighted by molar-refractivity contribution is -0.140. The van der Waals surface area contributed by atoms with Crippen molar-refractivity contribution in [2.75, 3.05) is 7.11 Å². The lowest BCUT2D eigenvalue weighted by atomic mass is 9.85. The second-order valence-corrected chi connectivity index (χ2v) is 7.45. The highest BCUT2D eigenvalue weighted by atomic mass is 127. The molecule has 7 heteroatoms. The van der Waals surface area contributed by atoms with Crippen LogP contribution in [-0.2, 0) is 9.59 Å². The molecule has 1 aromatic rings. The molecule has 4 rings (SSSR count). The molecule has 0 radical (unpaired) electrons. The Bertz CT molecular complexity index is 774. The number of amides is 2. The minimum Gasteiger partial charge on any atom is -0.504 e. The average molecular weight is 438 g/mol. The number of ether oxygens (including phenoxy) is 1. The van der Waals surface area contributed by atoms with Gasteiger partial charge in [-0.05, 0) is 58.5 Å². The second-order valence-electron chi connectivity index (χ2n) is 6.29. The van der Waals surface area contributed by atoms with Crippen LogP contribution < -0.4 is 4.74 Å². The predicted molar refractivity (Wildman–Crippen MR) is 94.5 cm³/mol. The van der Waals surface area contributed by atoms with Crippen molar-refractivity contribution in [1.82, 2.24) is 5.01 Å². The Morgan fingerprint density at radius 3 is 2.46 bits per heavy atom. The van der Waals surface area contributed by atoms with Crippen molar-refractivity contribution in [2.24, 2.45) is 28.8 Å². The number of halogens is 1. The molecule has 2 bridgehead atoms. The molecule has 124 valence electrons. The number of methoxy groups -OCH3 is 1. The number of carbonyl (C=O) groups excluding carboxylic acids is 2. The number of hydrazone groups is 1. The summed E-state index contributed by atoms with van der Waals surface area (Å²) in [6.07, 6.45) is 6.46. The van der Waals surface area contributed by atoms with E-state index in [2.05, 4.69) is 17.3 Å². The van der Waals surface area contributed by atoms with Crippen LogP contribution in [0.2, 0.25) is 0 Å². The number of allylic oxidation sites excluding steroid dienone is 2. The number of hydrogen-bond acceptors (Lipinski definition) is 5. The molecule has 3 aliphatic rings. The Morgan fingerprint density at radius 2 is 1.88 bits per heavy atom. The number of benzene rings is 1. The van der Waals surface area contributed by atoms with E-state index in [-0.39, 0.29) is 41.2 Å². The summed E-state index contributed by atoms with van der Waals surface area (Å²) < 4.78 is 5.71. The summed E-state index contributed by atoms with van der Waals surface area (Å²) in [5, 5.41) is 15.0. The van der Waals surface area contributed by atoms with Crippen LogP contribution in [0.1, 0.15) is 12.0 Å². The average Bonchev–Trinajstić information content (AvgIpc) is 3.23. The van der Waals surface area contributed by atoms with Crippen LogP contribution in [0.4, 0.5) is 0 Å². The number of nitrogens with zero attached hydrogens (tertiary/aromatic N) is 2. The van der Waals surface area contributed by atoms with Crippen LogP contribution in [-0.4, -0.2) is 35.3 Å². The van der Waals surface area contributed by atoms with Crippen LogP contribution in [0.5, 0.6) is 11.5 Å². The van der Waals surface area contributed by atoms with E-state index in [1.807, 2.05) is 22.6 Å². The molecule has 2 aliphatic carbocycles. The van der Waals surface area contributed by atoms with Crippen molar-refractivity contribution in [1.29, 1.82) is 0 Å². The normalized spacial score (nSPS) is 30.7. The first-order valence-electron chi connectivity index (χ1n) is 7.68. The molecule has 24 heavy (non-hydrogen) atoms. The van der Waals surface area contributed by atoms with E-state index in [0.717, 1.165) is 11.4 Å². The Labute approximate surface area is 152 Å². The molecule has 1 saturated carbocycles. The number of phenolic OH excluding ortho intramolecular Hbond substituents is 1. The van der Waals surface area contributed by atoms with E-state index in [4.69, 9.17) is 4.74 Å². The van der Waals surface area contributed by atoms with Gasteiger partial charge in [0.15, 0.2) is 11.5 Å². The summed E-state index contributed by atoms with van der Waals surface area (Å²) in [7, 11) is 1.46. The number of carbonyl (C=O) groups is 2. The third-order valence-corrected chi connectivity index (χ3v) is 5.86. The fourth-order valence-electron chi connectivity index (χ4n) is 3.95. The third kappa shape index (κ3) is 2.17. The van der Waals surface area contributed by atoms with Crippen LogP contribution in [0.15, 0.2) is 29.4 Å². The Hall–Kier alpha value is -1.90. The number of aromatic hydroxyl groups is 1. The Balaban J connectivity index is 1.60. The summed E-state index contributed by atoms with van der Waals surface area (Å²) in [5.74, 6) is -0.199. The number of hydrogen-bond donors (Lipinski definition) is 1. The van der Waals surface area contributed by atoms with Crippen molar-refractivity contribution < 1.29 is 19.4 Å². The summed E-state index contributed by atoms with van der Waals surface area (Å²) in [5.41, 5.74) is 0.646. The standard InChI is InChI=1S/C17H15IN2O4/c1-24-12-5-8(4-11(18)15(12)21)7-19-20-16(22)13-9-2-3-10(6-9)14(13)17(20)23/h2-5,7,9-10,13-14,21H,6H2,1H3. The zero-order valence-corrected chi connectivity index (χ0v) is 15.0. The highest BCUT2D eigenvalue weighted by Crippen LogP contribution is 2.52. The lowest BCUT2D eigenvalue weighted by Crippen LogP contribution is -2.28. The van der Waals surface area contributed by atoms with Gasteiger partial charge in [0.1, 0.15) is 0 Å². The molecule has 0 spiro atoms. The van der Waals surface area contributed by atoms with Gasteiger partial charge in [0.2, 0.25) is 0 Å². The molecule has 4 atom stereocenters. The van der Waals surface area contributed by atoms with Gasteiger partial charge in [-0.3, -0.25) is 9.59 Å². The zero-order valence-electron chi connectivity index (χ0n) is 12.8. The van der Waals surface area contributed by atoms with Gasteiger partial charge in [-0.25, -0.2) is 0 Å². The minimum atomic E-state index is -0.251. The quantitative estimate of drug-likeness (QED) is 0.340. The van der Waals surface area contributed by atoms with Crippen LogP contribution in [0.3, 0.4) is 0 Å². The molecule has 1 saturated heterocycles. The smallest absolute Gasteiger partial charge is 0.254 e. The van der Waals surface area contributed by atoms with Crippen molar-refractivity contribution >= 4 is 40.6 Å². The van der Waals surface area contributed by atoms with E-state index < -0.39 is 0 Å². The van der Waals surface area contributed by atoms with Crippen molar-refractivity contribution in [3.8, 4) is 11.5 Å². The summed E-state index contributed by atoms with van der Waals surface area (Å²) >= 11 is 1.98. The van der Waals surface area contributed by atoms with Gasteiger partial charge in [0.05, 0.1) is 28.7 Å². The molecule has 1 heterocycles. The van der Waals surface area contributed by atoms with Gasteiger partial charge in [0, 0.05) is 0 Å². The van der Waals surface area contributed by atoms with Gasteiger partial charge in [-0.2, -0.15) is 10.1 Å². The first kappa shape index (κ1) is 15.6. The lowest BCUT2D eigenvalue weighted by Gasteiger charge is -2.13. The number of imide groups is 1. The van der Waals surface area contributed by atoms with Crippen LogP contribution >= 0.6 is 22.6 Å². The van der Waals surface area contributed by atoms with Crippen molar-refractivity contribution in [3.05, 3.63) is 33.4 Å². The first-order chi connectivity index (χ1) is 11.5. The Morgan fingerprint density at radius 1 is 1.25 bits per heavy atom. The molecule has 2 amide bonds. The highest BCUT2D eigenvalue weighted by molar-refractivity contribution is 14.1. The topological polar surface area (TPSA) is 79.2 Å². The van der Waals surface area contributed by atoms with Crippen LogP contribution in [0.25, 0.3) is 0 Å². The molecule has 0 aromatic heterocycles. The van der Waals surface area contributed by atoms with Crippen molar-refractivity contribution in [2.45, 2.75) is 6.42 Å². The summed E-state index contributed by atoms with van der Waals surface area (Å²) in [6, 6.07) is 3.32. The fraction of sp³-hybridized carbons (Fsp3) is 0.353. The van der Waals surface area contributed by atoms with Gasteiger partial charge in [0.25, 0.3) is 11.8 Å². The van der Waals surface area contributed by atoms with Gasteiger partial charge in [-0.1, -0.05) is 12.2 Å². The molecule has 2 fully saturated rings. The molecule has 6 nitrogen and oxygen atoms in total. The zero-order chi connectivity index (χ0) is 17.0. The molecule has 4 unspecified atom stereocenters. The maximum atomic E-state index is 12.5. The maximum absolute atomic E-state index is 12.5. The predicted octanol–water partition coefficient (Wildman–Crippen LogP) is 2.15. The first-order valence-corrected chi connectivity index (χ1v) is 8.75. The SMILES string of the molecule is COc1cc(C=NN2C(=O)C3C4C=CC(C4)C3C2=O)cc(I)c1O. The second kappa shape index (κ2) is 5.58. The number of rotatable bonds is 3. The van der Waals surface area contributed by atoms with E-state index >= 15 is 0 Å². The summed E-state index contributed by atoms with van der Waals surface area (Å²) in [4.78, 5) is 25.1.